The highest BCUT2D eigenvalue weighted by Crippen LogP contribution is 2.32. The van der Waals surface area contributed by atoms with Crippen LogP contribution in [-0.4, -0.2) is 28.5 Å². The van der Waals surface area contributed by atoms with Gasteiger partial charge in [0, 0.05) is 12.4 Å². The molecule has 152 valence electrons. The van der Waals surface area contributed by atoms with Crippen LogP contribution in [0.5, 0.6) is 5.75 Å². The van der Waals surface area contributed by atoms with E-state index < -0.39 is 0 Å². The number of benzene rings is 2. The molecule has 2 aliphatic heterocycles. The minimum atomic E-state index is -0.171. The normalized spacial score (nSPS) is 20.8. The number of rotatable bonds is 7. The number of hydrogen-bond donors (Lipinski definition) is 1. The van der Waals surface area contributed by atoms with Gasteiger partial charge in [-0.05, 0) is 43.0 Å². The molecule has 1 saturated heterocycles. The molecule has 2 aromatic rings. The van der Waals surface area contributed by atoms with Crippen molar-refractivity contribution in [1.82, 2.24) is 15.3 Å². The SMILES string of the molecule is CCCCOc1ccc(C2CC3C(=O)N(Cc4cccc(C)c4)C=CN3N2)cc1. The van der Waals surface area contributed by atoms with Crippen molar-refractivity contribution in [3.8, 4) is 5.75 Å². The van der Waals surface area contributed by atoms with Crippen molar-refractivity contribution in [2.75, 3.05) is 6.61 Å². The predicted molar refractivity (Wildman–Crippen MR) is 114 cm³/mol. The molecule has 2 unspecified atom stereocenters. The average molecular weight is 392 g/mol. The molecule has 0 aliphatic carbocycles. The zero-order valence-corrected chi connectivity index (χ0v) is 17.2. The van der Waals surface area contributed by atoms with Crippen LogP contribution in [0.15, 0.2) is 60.9 Å². The van der Waals surface area contributed by atoms with Crippen molar-refractivity contribution in [1.29, 1.82) is 0 Å². The molecule has 1 amide bonds. The maximum absolute atomic E-state index is 13.0. The Hall–Kier alpha value is -2.79. The van der Waals surface area contributed by atoms with E-state index in [1.54, 1.807) is 0 Å². The summed E-state index contributed by atoms with van der Waals surface area (Å²) in [6, 6.07) is 16.5. The smallest absolute Gasteiger partial charge is 0.251 e. The van der Waals surface area contributed by atoms with Gasteiger partial charge in [0.05, 0.1) is 19.2 Å². The number of amides is 1. The van der Waals surface area contributed by atoms with Gasteiger partial charge in [-0.15, -0.1) is 0 Å². The van der Waals surface area contributed by atoms with Crippen molar-refractivity contribution in [2.45, 2.75) is 51.7 Å². The number of hydrazine groups is 1. The van der Waals surface area contributed by atoms with Crippen LogP contribution in [0.25, 0.3) is 0 Å². The Morgan fingerprint density at radius 3 is 2.72 bits per heavy atom. The highest BCUT2D eigenvalue weighted by molar-refractivity contribution is 5.84. The van der Waals surface area contributed by atoms with Crippen molar-refractivity contribution < 1.29 is 9.53 Å². The van der Waals surface area contributed by atoms with Gasteiger partial charge in [0.1, 0.15) is 11.8 Å². The number of ether oxygens (including phenoxy) is 1. The van der Waals surface area contributed by atoms with Crippen LogP contribution < -0.4 is 10.2 Å². The number of nitrogens with zero attached hydrogens (tertiary/aromatic N) is 2. The molecule has 1 N–H and O–H groups in total. The van der Waals surface area contributed by atoms with Gasteiger partial charge in [-0.25, -0.2) is 5.43 Å². The first-order chi connectivity index (χ1) is 14.1. The second kappa shape index (κ2) is 8.70. The van der Waals surface area contributed by atoms with Crippen molar-refractivity contribution in [3.05, 3.63) is 77.6 Å². The van der Waals surface area contributed by atoms with E-state index in [2.05, 4.69) is 49.6 Å². The molecule has 2 aromatic carbocycles. The van der Waals surface area contributed by atoms with E-state index in [9.17, 15) is 4.79 Å². The molecule has 5 nitrogen and oxygen atoms in total. The summed E-state index contributed by atoms with van der Waals surface area (Å²) >= 11 is 0. The first kappa shape index (κ1) is 19.5. The summed E-state index contributed by atoms with van der Waals surface area (Å²) in [5.41, 5.74) is 7.00. The molecule has 0 bridgehead atoms. The summed E-state index contributed by atoms with van der Waals surface area (Å²) in [5.74, 6) is 1.04. The monoisotopic (exact) mass is 391 g/mol. The second-order valence-corrected chi connectivity index (χ2v) is 7.86. The lowest BCUT2D eigenvalue weighted by Crippen LogP contribution is -2.47. The number of aryl methyl sites for hydroxylation is 1. The topological polar surface area (TPSA) is 44.8 Å². The molecular weight excluding hydrogens is 362 g/mol. The van der Waals surface area contributed by atoms with E-state index in [4.69, 9.17) is 4.74 Å². The van der Waals surface area contributed by atoms with Crippen LogP contribution in [0.2, 0.25) is 0 Å². The Bertz CT molecular complexity index is 878. The third kappa shape index (κ3) is 4.46. The number of carbonyl (C=O) groups is 1. The summed E-state index contributed by atoms with van der Waals surface area (Å²) < 4.78 is 5.75. The van der Waals surface area contributed by atoms with Crippen LogP contribution in [0.1, 0.15) is 48.9 Å². The number of hydrogen-bond acceptors (Lipinski definition) is 4. The van der Waals surface area contributed by atoms with E-state index in [1.165, 1.54) is 11.1 Å². The Labute approximate surface area is 172 Å². The Balaban J connectivity index is 1.39. The van der Waals surface area contributed by atoms with E-state index in [0.29, 0.717) is 6.54 Å². The maximum atomic E-state index is 13.0. The van der Waals surface area contributed by atoms with Gasteiger partial charge >= 0.3 is 0 Å². The molecule has 0 spiro atoms. The zero-order chi connectivity index (χ0) is 20.2. The third-order valence-corrected chi connectivity index (χ3v) is 5.56. The lowest BCUT2D eigenvalue weighted by molar-refractivity contribution is -0.134. The molecule has 1 fully saturated rings. The van der Waals surface area contributed by atoms with Crippen molar-refractivity contribution >= 4 is 5.91 Å². The Morgan fingerprint density at radius 1 is 1.14 bits per heavy atom. The fourth-order valence-electron chi connectivity index (χ4n) is 3.92. The summed E-state index contributed by atoms with van der Waals surface area (Å²) in [4.78, 5) is 14.9. The van der Waals surface area contributed by atoms with Gasteiger partial charge in [-0.1, -0.05) is 55.3 Å². The summed E-state index contributed by atoms with van der Waals surface area (Å²) in [6.45, 7) is 5.59. The highest BCUT2D eigenvalue weighted by Gasteiger charge is 2.39. The van der Waals surface area contributed by atoms with E-state index >= 15 is 0 Å². The third-order valence-electron chi connectivity index (χ3n) is 5.56. The molecule has 2 atom stereocenters. The first-order valence-corrected chi connectivity index (χ1v) is 10.5. The lowest BCUT2D eigenvalue weighted by Gasteiger charge is -2.31. The van der Waals surface area contributed by atoms with Gasteiger partial charge in [-0.3, -0.25) is 4.79 Å². The van der Waals surface area contributed by atoms with E-state index in [-0.39, 0.29) is 18.0 Å². The average Bonchev–Trinajstić information content (AvgIpc) is 3.16. The highest BCUT2D eigenvalue weighted by atomic mass is 16.5. The number of unbranched alkanes of at least 4 members (excludes halogenated alkanes) is 1. The van der Waals surface area contributed by atoms with Crippen LogP contribution in [0.3, 0.4) is 0 Å². The maximum Gasteiger partial charge on any atom is 0.251 e. The zero-order valence-electron chi connectivity index (χ0n) is 17.2. The number of carbonyl (C=O) groups excluding carboxylic acids is 1. The molecule has 0 saturated carbocycles. The standard InChI is InChI=1S/C24H29N3O2/c1-3-4-14-29-21-10-8-20(9-11-21)22-16-23-24(28)26(12-13-27(23)25-22)17-19-7-5-6-18(2)15-19/h5-13,15,22-23,25H,3-4,14,16-17H2,1-2H3. The first-order valence-electron chi connectivity index (χ1n) is 10.5. The van der Waals surface area contributed by atoms with Crippen LogP contribution in [-0.2, 0) is 11.3 Å². The van der Waals surface area contributed by atoms with E-state index in [0.717, 1.165) is 37.2 Å². The van der Waals surface area contributed by atoms with Crippen molar-refractivity contribution in [3.63, 3.8) is 0 Å². The Kier molecular flexibility index (Phi) is 5.86. The predicted octanol–water partition coefficient (Wildman–Crippen LogP) is 4.31. The van der Waals surface area contributed by atoms with E-state index in [1.807, 2.05) is 40.5 Å². The summed E-state index contributed by atoms with van der Waals surface area (Å²) in [5, 5.41) is 1.95. The minimum absolute atomic E-state index is 0.122. The van der Waals surface area contributed by atoms with Gasteiger partial charge in [0.15, 0.2) is 0 Å². The summed E-state index contributed by atoms with van der Waals surface area (Å²) in [6.07, 6.45) is 6.80. The largest absolute Gasteiger partial charge is 0.494 e. The van der Waals surface area contributed by atoms with Gasteiger partial charge in [-0.2, -0.15) is 0 Å². The fraction of sp³-hybridized carbons (Fsp3) is 0.375. The van der Waals surface area contributed by atoms with Crippen molar-refractivity contribution in [2.24, 2.45) is 0 Å². The fourth-order valence-corrected chi connectivity index (χ4v) is 3.92. The molecule has 0 aromatic heterocycles. The second-order valence-electron chi connectivity index (χ2n) is 7.86. The molecular formula is C24H29N3O2. The summed E-state index contributed by atoms with van der Waals surface area (Å²) in [7, 11) is 0. The molecule has 2 heterocycles. The number of nitrogens with one attached hydrogen (secondary N) is 1. The Morgan fingerprint density at radius 2 is 1.97 bits per heavy atom. The molecule has 29 heavy (non-hydrogen) atoms. The van der Waals surface area contributed by atoms with Gasteiger partial charge < -0.3 is 14.6 Å². The van der Waals surface area contributed by atoms with Crippen LogP contribution in [0.4, 0.5) is 0 Å². The molecule has 5 heteroatoms. The molecule has 0 radical (unpaired) electrons. The minimum Gasteiger partial charge on any atom is -0.494 e. The van der Waals surface area contributed by atoms with Crippen LogP contribution in [0, 0.1) is 6.92 Å². The van der Waals surface area contributed by atoms with Crippen LogP contribution >= 0.6 is 0 Å². The van der Waals surface area contributed by atoms with Gasteiger partial charge in [0.25, 0.3) is 5.91 Å². The van der Waals surface area contributed by atoms with Gasteiger partial charge in [0.2, 0.25) is 0 Å². The quantitative estimate of drug-likeness (QED) is 0.715. The molecule has 2 aliphatic rings. The lowest BCUT2D eigenvalue weighted by atomic mass is 10.0. The number of fused-ring (bicyclic) bond motifs is 1. The molecule has 4 rings (SSSR count).